The van der Waals surface area contributed by atoms with E-state index in [2.05, 4.69) is 123 Å². The number of carbonyl (C=O) groups excluding carboxylic acids is 3. The standard InChI is InChI=1S/C70H119NO8/c1-6-8-10-12-14-16-18-20-22-24-26-27-28-29-30-31-32-33-34-35-36-37-38-39-40-41-43-44-46-48-50-52-54-56-58-60-67(72)77-64-66(65-78-70(69(74)75)76-63-62-71(3,4)5)79-68(73)61-59-57-55-53-51-49-47-45-42-25-23-21-19-17-15-13-11-9-7-2/h8-11,14-17,20-23,26-27,42,45,49,51,66,70H,6-7,12-13,18-19,24-25,28-41,43-44,46-48,50,52-65H2,1-5H3/b10-8-,11-9-,16-14-,17-15-,22-20-,23-21-,27-26-,45-42-,51-49-. The first-order chi connectivity index (χ1) is 38.6. The minimum Gasteiger partial charge on any atom is -0.545 e. The van der Waals surface area contributed by atoms with Crippen molar-refractivity contribution in [3.63, 3.8) is 0 Å². The van der Waals surface area contributed by atoms with Gasteiger partial charge in [0.25, 0.3) is 0 Å². The van der Waals surface area contributed by atoms with Crippen molar-refractivity contribution in [2.45, 2.75) is 270 Å². The van der Waals surface area contributed by atoms with Gasteiger partial charge in [-0.05, 0) is 96.3 Å². The third-order valence-electron chi connectivity index (χ3n) is 13.5. The Morgan fingerprint density at radius 1 is 0.380 bits per heavy atom. The Kier molecular flexibility index (Phi) is 57.0. The summed E-state index contributed by atoms with van der Waals surface area (Å²) in [7, 11) is 5.91. The zero-order chi connectivity index (χ0) is 57.6. The summed E-state index contributed by atoms with van der Waals surface area (Å²) in [5.74, 6) is -2.33. The minimum atomic E-state index is -1.64. The van der Waals surface area contributed by atoms with Crippen molar-refractivity contribution in [1.82, 2.24) is 0 Å². The zero-order valence-electron chi connectivity index (χ0n) is 51.5. The lowest BCUT2D eigenvalue weighted by Gasteiger charge is -2.26. The molecule has 9 nitrogen and oxygen atoms in total. The van der Waals surface area contributed by atoms with E-state index in [-0.39, 0.29) is 38.6 Å². The van der Waals surface area contributed by atoms with Crippen LogP contribution in [0.4, 0.5) is 0 Å². The second kappa shape index (κ2) is 60.1. The molecule has 0 amide bonds. The van der Waals surface area contributed by atoms with Crippen LogP contribution in [0.3, 0.4) is 0 Å². The number of carboxylic acid groups (broad SMARTS) is 1. The fourth-order valence-corrected chi connectivity index (χ4v) is 8.67. The number of esters is 2. The van der Waals surface area contributed by atoms with E-state index in [1.165, 1.54) is 128 Å². The molecule has 0 saturated heterocycles. The molecule has 0 rings (SSSR count). The van der Waals surface area contributed by atoms with Crippen LogP contribution in [0.15, 0.2) is 109 Å². The number of rotatable bonds is 58. The number of carboxylic acids is 1. The van der Waals surface area contributed by atoms with E-state index in [0.717, 1.165) is 96.3 Å². The number of ether oxygens (including phenoxy) is 4. The summed E-state index contributed by atoms with van der Waals surface area (Å²) < 4.78 is 22.7. The molecular weight excluding hydrogens is 983 g/mol. The summed E-state index contributed by atoms with van der Waals surface area (Å²) in [5.41, 5.74) is 0. The summed E-state index contributed by atoms with van der Waals surface area (Å²) in [6, 6.07) is 0. The molecule has 0 saturated carbocycles. The second-order valence-corrected chi connectivity index (χ2v) is 22.3. The van der Waals surface area contributed by atoms with Crippen LogP contribution in [0.5, 0.6) is 0 Å². The molecule has 0 aliphatic carbocycles. The highest BCUT2D eigenvalue weighted by atomic mass is 16.7. The number of aliphatic carboxylic acids is 1. The van der Waals surface area contributed by atoms with E-state index in [9.17, 15) is 19.5 Å². The predicted molar refractivity (Wildman–Crippen MR) is 333 cm³/mol. The maximum absolute atomic E-state index is 12.9. The largest absolute Gasteiger partial charge is 0.545 e. The van der Waals surface area contributed by atoms with Crippen LogP contribution in [0.25, 0.3) is 0 Å². The Morgan fingerprint density at radius 3 is 1.03 bits per heavy atom. The molecule has 0 heterocycles. The van der Waals surface area contributed by atoms with Crippen molar-refractivity contribution < 1.29 is 42.9 Å². The van der Waals surface area contributed by atoms with Crippen LogP contribution in [-0.2, 0) is 33.3 Å². The first kappa shape index (κ1) is 75.0. The van der Waals surface area contributed by atoms with Gasteiger partial charge in [-0.1, -0.05) is 258 Å². The van der Waals surface area contributed by atoms with Crippen molar-refractivity contribution in [2.75, 3.05) is 47.5 Å². The van der Waals surface area contributed by atoms with Gasteiger partial charge >= 0.3 is 11.9 Å². The lowest BCUT2D eigenvalue weighted by molar-refractivity contribution is -0.870. The van der Waals surface area contributed by atoms with E-state index >= 15 is 0 Å². The number of allylic oxidation sites excluding steroid dienone is 18. The van der Waals surface area contributed by atoms with Gasteiger partial charge in [-0.15, -0.1) is 0 Å². The molecule has 0 bridgehead atoms. The number of quaternary nitrogens is 1. The Hall–Kier alpha value is -4.05. The normalized spacial score (nSPS) is 13.5. The second-order valence-electron chi connectivity index (χ2n) is 22.3. The lowest BCUT2D eigenvalue weighted by Crippen LogP contribution is -2.44. The molecule has 9 heteroatoms. The van der Waals surface area contributed by atoms with Crippen LogP contribution in [0.2, 0.25) is 0 Å². The highest BCUT2D eigenvalue weighted by Gasteiger charge is 2.22. The highest BCUT2D eigenvalue weighted by molar-refractivity contribution is 5.70. The third kappa shape index (κ3) is 61.4. The molecule has 2 unspecified atom stereocenters. The Morgan fingerprint density at radius 2 is 0.684 bits per heavy atom. The quantitative estimate of drug-likeness (QED) is 0.0195. The fraction of sp³-hybridized carbons (Fsp3) is 0.700. The number of likely N-dealkylation sites (N-methyl/N-ethyl adjacent to an activating group) is 1. The van der Waals surface area contributed by atoms with Crippen LogP contribution in [0, 0.1) is 0 Å². The van der Waals surface area contributed by atoms with Gasteiger partial charge in [-0.25, -0.2) is 0 Å². The summed E-state index contributed by atoms with van der Waals surface area (Å²) in [6.07, 6.45) is 80.3. The third-order valence-corrected chi connectivity index (χ3v) is 13.5. The van der Waals surface area contributed by atoms with Gasteiger partial charge in [0, 0.05) is 12.8 Å². The van der Waals surface area contributed by atoms with Crippen LogP contribution >= 0.6 is 0 Å². The molecule has 79 heavy (non-hydrogen) atoms. The van der Waals surface area contributed by atoms with Gasteiger partial charge < -0.3 is 33.3 Å². The molecule has 0 N–H and O–H groups in total. The number of hydrogen-bond donors (Lipinski definition) is 0. The van der Waals surface area contributed by atoms with Crippen LogP contribution in [-0.4, -0.2) is 82.3 Å². The molecule has 2 atom stereocenters. The molecule has 0 radical (unpaired) electrons. The minimum absolute atomic E-state index is 0.137. The van der Waals surface area contributed by atoms with Gasteiger partial charge in [0.15, 0.2) is 12.4 Å². The molecule has 0 fully saturated rings. The van der Waals surface area contributed by atoms with Gasteiger partial charge in [0.2, 0.25) is 0 Å². The first-order valence-corrected chi connectivity index (χ1v) is 32.0. The first-order valence-electron chi connectivity index (χ1n) is 32.0. The van der Waals surface area contributed by atoms with E-state index in [4.69, 9.17) is 18.9 Å². The number of hydrogen-bond acceptors (Lipinski definition) is 8. The molecule has 0 aliphatic heterocycles. The molecule has 0 aromatic carbocycles. The van der Waals surface area contributed by atoms with Crippen molar-refractivity contribution >= 4 is 17.9 Å². The van der Waals surface area contributed by atoms with Gasteiger partial charge in [-0.2, -0.15) is 0 Å². The molecular formula is C70H119NO8. The Bertz CT molecular complexity index is 1660. The zero-order valence-corrected chi connectivity index (χ0v) is 51.5. The Labute approximate surface area is 485 Å². The molecule has 452 valence electrons. The van der Waals surface area contributed by atoms with Gasteiger partial charge in [0.05, 0.1) is 40.3 Å². The number of nitrogens with zero attached hydrogens (tertiary/aromatic N) is 1. The maximum Gasteiger partial charge on any atom is 0.306 e. The molecule has 0 spiro atoms. The summed E-state index contributed by atoms with van der Waals surface area (Å²) >= 11 is 0. The number of unbranched alkanes of at least 4 members (excludes halogenated alkanes) is 25. The van der Waals surface area contributed by atoms with Crippen LogP contribution in [0.1, 0.15) is 258 Å². The van der Waals surface area contributed by atoms with E-state index in [1.54, 1.807) is 0 Å². The molecule has 0 aliphatic rings. The predicted octanol–water partition coefficient (Wildman–Crippen LogP) is 18.1. The molecule has 0 aromatic rings. The van der Waals surface area contributed by atoms with E-state index in [0.29, 0.717) is 17.4 Å². The average Bonchev–Trinajstić information content (AvgIpc) is 3.42. The number of carbonyl (C=O) groups is 3. The summed E-state index contributed by atoms with van der Waals surface area (Å²) in [5, 5.41) is 11.8. The van der Waals surface area contributed by atoms with E-state index < -0.39 is 24.3 Å². The lowest BCUT2D eigenvalue weighted by atomic mass is 10.0. The SMILES string of the molecule is CC/C=C\C/C=C\C/C=C\C/C=C\C/C=C\CCCCCC(=O)OC(COC(=O)CCCCCCCCCCCCCCCCCCCCCCCC/C=C\C/C=C\C/C=C\C/C=C\CC)COC(OCC[N+](C)(C)C)C(=O)[O-]. The highest BCUT2D eigenvalue weighted by Crippen LogP contribution is 2.17. The van der Waals surface area contributed by atoms with Crippen molar-refractivity contribution in [3.8, 4) is 0 Å². The topological polar surface area (TPSA) is 111 Å². The van der Waals surface area contributed by atoms with Gasteiger partial charge in [-0.3, -0.25) is 9.59 Å². The maximum atomic E-state index is 12.9. The van der Waals surface area contributed by atoms with Gasteiger partial charge in [0.1, 0.15) is 13.2 Å². The van der Waals surface area contributed by atoms with Crippen molar-refractivity contribution in [1.29, 1.82) is 0 Å². The van der Waals surface area contributed by atoms with E-state index in [1.807, 2.05) is 21.1 Å². The monoisotopic (exact) mass is 1100 g/mol. The van der Waals surface area contributed by atoms with Crippen molar-refractivity contribution in [3.05, 3.63) is 109 Å². The molecule has 0 aromatic heterocycles. The fourth-order valence-electron chi connectivity index (χ4n) is 8.67. The summed E-state index contributed by atoms with van der Waals surface area (Å²) in [4.78, 5) is 37.3. The Balaban J connectivity index is 4.10. The van der Waals surface area contributed by atoms with Crippen molar-refractivity contribution in [2.24, 2.45) is 0 Å². The smallest absolute Gasteiger partial charge is 0.306 e. The van der Waals surface area contributed by atoms with Crippen LogP contribution < -0.4 is 5.11 Å². The average molecular weight is 1100 g/mol. The summed E-state index contributed by atoms with van der Waals surface area (Å²) in [6.45, 7) is 4.49.